The zero-order valence-corrected chi connectivity index (χ0v) is 15.2. The molecule has 3 heterocycles. The van der Waals surface area contributed by atoms with Gasteiger partial charge in [0.2, 0.25) is 17.7 Å². The fourth-order valence-corrected chi connectivity index (χ4v) is 3.63. The van der Waals surface area contributed by atoms with Crippen LogP contribution in [-0.2, 0) is 20.7 Å². The van der Waals surface area contributed by atoms with Crippen LogP contribution >= 0.6 is 0 Å². The van der Waals surface area contributed by atoms with Gasteiger partial charge in [0.05, 0.1) is 24.7 Å². The lowest BCUT2D eigenvalue weighted by Gasteiger charge is -2.33. The van der Waals surface area contributed by atoms with Crippen molar-refractivity contribution in [2.24, 2.45) is 0 Å². The molecule has 8 heteroatoms. The van der Waals surface area contributed by atoms with Crippen LogP contribution in [-0.4, -0.2) is 65.6 Å². The van der Waals surface area contributed by atoms with Crippen LogP contribution in [0.2, 0.25) is 0 Å². The minimum Gasteiger partial charge on any atom is -0.480 e. The SMILES string of the molecule is COc1nc2ccccc2nc1CCC(=O)N1CCC2(CNC(=O)CO2)C1. The number of fused-ring (bicyclic) bond motifs is 1. The third kappa shape index (κ3) is 3.57. The highest BCUT2D eigenvalue weighted by molar-refractivity contribution is 5.79. The van der Waals surface area contributed by atoms with Gasteiger partial charge in [0.15, 0.2) is 0 Å². The molecule has 2 aliphatic rings. The van der Waals surface area contributed by atoms with Gasteiger partial charge in [-0.15, -0.1) is 0 Å². The molecule has 142 valence electrons. The highest BCUT2D eigenvalue weighted by atomic mass is 16.5. The van der Waals surface area contributed by atoms with Gasteiger partial charge >= 0.3 is 0 Å². The lowest BCUT2D eigenvalue weighted by Crippen LogP contribution is -2.54. The van der Waals surface area contributed by atoms with E-state index in [1.54, 1.807) is 12.0 Å². The molecule has 2 amide bonds. The fraction of sp³-hybridized carbons (Fsp3) is 0.474. The predicted molar refractivity (Wildman–Crippen MR) is 97.3 cm³/mol. The summed E-state index contributed by atoms with van der Waals surface area (Å²) in [6.07, 6.45) is 1.52. The Morgan fingerprint density at radius 2 is 2.11 bits per heavy atom. The number of hydrogen-bond donors (Lipinski definition) is 1. The third-order valence-corrected chi connectivity index (χ3v) is 5.16. The van der Waals surface area contributed by atoms with Gasteiger partial charge in [0.25, 0.3) is 0 Å². The molecule has 1 aromatic carbocycles. The Morgan fingerprint density at radius 1 is 1.33 bits per heavy atom. The van der Waals surface area contributed by atoms with Crippen molar-refractivity contribution in [3.63, 3.8) is 0 Å². The van der Waals surface area contributed by atoms with Crippen molar-refractivity contribution in [2.75, 3.05) is 33.4 Å². The number of morpholine rings is 1. The predicted octanol–water partition coefficient (Wildman–Crippen LogP) is 0.688. The minimum atomic E-state index is -0.440. The molecule has 0 bridgehead atoms. The Hall–Kier alpha value is -2.74. The average molecular weight is 370 g/mol. The van der Waals surface area contributed by atoms with Gasteiger partial charge in [-0.05, 0) is 18.6 Å². The summed E-state index contributed by atoms with van der Waals surface area (Å²) >= 11 is 0. The van der Waals surface area contributed by atoms with Crippen molar-refractivity contribution < 1.29 is 19.1 Å². The van der Waals surface area contributed by atoms with Crippen molar-refractivity contribution >= 4 is 22.8 Å². The van der Waals surface area contributed by atoms with E-state index in [0.717, 1.165) is 17.5 Å². The number of methoxy groups -OCH3 is 1. The van der Waals surface area contributed by atoms with Gasteiger partial charge in [-0.3, -0.25) is 9.59 Å². The fourth-order valence-electron chi connectivity index (χ4n) is 3.63. The number of hydrogen-bond acceptors (Lipinski definition) is 6. The molecule has 1 spiro atoms. The maximum Gasteiger partial charge on any atom is 0.246 e. The van der Waals surface area contributed by atoms with Crippen molar-refractivity contribution in [1.29, 1.82) is 0 Å². The van der Waals surface area contributed by atoms with E-state index in [9.17, 15) is 9.59 Å². The molecular weight excluding hydrogens is 348 g/mol. The standard InChI is InChI=1S/C19H22N4O4/c1-26-18-15(21-13-4-2-3-5-14(13)22-18)6-7-17(25)23-9-8-19(12-23)11-20-16(24)10-27-19/h2-5H,6-12H2,1H3,(H,20,24). The molecule has 0 aliphatic carbocycles. The zero-order valence-electron chi connectivity index (χ0n) is 15.2. The summed E-state index contributed by atoms with van der Waals surface area (Å²) in [6.45, 7) is 1.66. The van der Waals surface area contributed by atoms with Crippen LogP contribution in [0.25, 0.3) is 11.0 Å². The van der Waals surface area contributed by atoms with Crippen LogP contribution in [0, 0.1) is 0 Å². The summed E-state index contributed by atoms with van der Waals surface area (Å²) < 4.78 is 11.1. The minimum absolute atomic E-state index is 0.0457. The Bertz CT molecular complexity index is 875. The van der Waals surface area contributed by atoms with Crippen molar-refractivity contribution in [2.45, 2.75) is 24.9 Å². The van der Waals surface area contributed by atoms with Gasteiger partial charge in [0, 0.05) is 25.9 Å². The van der Waals surface area contributed by atoms with Gasteiger partial charge in [-0.2, -0.15) is 0 Å². The molecule has 2 aliphatic heterocycles. The molecule has 2 aromatic rings. The van der Waals surface area contributed by atoms with Crippen LogP contribution in [0.5, 0.6) is 5.88 Å². The normalized spacial score (nSPS) is 22.3. The first kappa shape index (κ1) is 17.7. The summed E-state index contributed by atoms with van der Waals surface area (Å²) in [5.74, 6) is 0.398. The summed E-state index contributed by atoms with van der Waals surface area (Å²) in [4.78, 5) is 34.8. The quantitative estimate of drug-likeness (QED) is 0.851. The number of rotatable bonds is 4. The van der Waals surface area contributed by atoms with E-state index in [4.69, 9.17) is 9.47 Å². The number of carbonyl (C=O) groups is 2. The van der Waals surface area contributed by atoms with E-state index in [-0.39, 0.29) is 18.4 Å². The number of aryl methyl sites for hydroxylation is 1. The number of para-hydroxylation sites is 2. The van der Waals surface area contributed by atoms with Gasteiger partial charge in [0.1, 0.15) is 17.9 Å². The lowest BCUT2D eigenvalue weighted by atomic mass is 10.0. The summed E-state index contributed by atoms with van der Waals surface area (Å²) in [6, 6.07) is 7.59. The molecule has 1 unspecified atom stereocenters. The second-order valence-electron chi connectivity index (χ2n) is 6.98. The third-order valence-electron chi connectivity index (χ3n) is 5.16. The van der Waals surface area contributed by atoms with Crippen molar-refractivity contribution in [1.82, 2.24) is 20.2 Å². The van der Waals surface area contributed by atoms with Crippen LogP contribution in [0.15, 0.2) is 24.3 Å². The number of nitrogens with zero attached hydrogens (tertiary/aromatic N) is 3. The van der Waals surface area contributed by atoms with E-state index >= 15 is 0 Å². The Kier molecular flexibility index (Phi) is 4.65. The second kappa shape index (κ2) is 7.11. The Labute approximate surface area is 156 Å². The first-order valence-electron chi connectivity index (χ1n) is 9.07. The number of aromatic nitrogens is 2. The monoisotopic (exact) mass is 370 g/mol. The highest BCUT2D eigenvalue weighted by Crippen LogP contribution is 2.28. The van der Waals surface area contributed by atoms with E-state index in [1.165, 1.54) is 0 Å². The molecule has 0 saturated carbocycles. The van der Waals surface area contributed by atoms with Gasteiger partial charge < -0.3 is 19.7 Å². The van der Waals surface area contributed by atoms with E-state index < -0.39 is 5.60 Å². The van der Waals surface area contributed by atoms with Crippen molar-refractivity contribution in [3.8, 4) is 5.88 Å². The number of benzene rings is 1. The summed E-state index contributed by atoms with van der Waals surface area (Å²) in [7, 11) is 1.56. The van der Waals surface area contributed by atoms with E-state index in [2.05, 4.69) is 15.3 Å². The topological polar surface area (TPSA) is 93.7 Å². The van der Waals surface area contributed by atoms with Crippen LogP contribution in [0.1, 0.15) is 18.5 Å². The average Bonchev–Trinajstić information content (AvgIpc) is 3.12. The molecule has 8 nitrogen and oxygen atoms in total. The Morgan fingerprint density at radius 3 is 2.81 bits per heavy atom. The number of carbonyl (C=O) groups excluding carboxylic acids is 2. The molecule has 4 rings (SSSR count). The molecule has 0 radical (unpaired) electrons. The maximum absolute atomic E-state index is 12.7. The van der Waals surface area contributed by atoms with Crippen LogP contribution in [0.4, 0.5) is 0 Å². The van der Waals surface area contributed by atoms with E-state index in [0.29, 0.717) is 44.0 Å². The van der Waals surface area contributed by atoms with Crippen LogP contribution < -0.4 is 10.1 Å². The molecule has 1 aromatic heterocycles. The molecule has 2 saturated heterocycles. The largest absolute Gasteiger partial charge is 0.480 e. The summed E-state index contributed by atoms with van der Waals surface area (Å²) in [5.41, 5.74) is 1.79. The lowest BCUT2D eigenvalue weighted by molar-refractivity contribution is -0.143. The molecule has 1 N–H and O–H groups in total. The molecular formula is C19H22N4O4. The molecule has 27 heavy (non-hydrogen) atoms. The van der Waals surface area contributed by atoms with Crippen LogP contribution in [0.3, 0.4) is 0 Å². The summed E-state index contributed by atoms with van der Waals surface area (Å²) in [5, 5.41) is 2.83. The smallest absolute Gasteiger partial charge is 0.246 e. The number of amides is 2. The Balaban J connectivity index is 1.41. The van der Waals surface area contributed by atoms with E-state index in [1.807, 2.05) is 24.3 Å². The maximum atomic E-state index is 12.7. The molecule has 1 atom stereocenters. The number of nitrogens with one attached hydrogen (secondary N) is 1. The molecule has 2 fully saturated rings. The first-order valence-corrected chi connectivity index (χ1v) is 9.07. The second-order valence-corrected chi connectivity index (χ2v) is 6.98. The van der Waals surface area contributed by atoms with Gasteiger partial charge in [-0.1, -0.05) is 12.1 Å². The first-order chi connectivity index (χ1) is 13.1. The van der Waals surface area contributed by atoms with Crippen molar-refractivity contribution in [3.05, 3.63) is 30.0 Å². The zero-order chi connectivity index (χ0) is 18.9. The van der Waals surface area contributed by atoms with Gasteiger partial charge in [-0.25, -0.2) is 9.97 Å². The number of likely N-dealkylation sites (tertiary alicyclic amines) is 1. The number of ether oxygens (including phenoxy) is 2. The highest BCUT2D eigenvalue weighted by Gasteiger charge is 2.43.